The molecular weight excluding hydrogens is 234 g/mol. The summed E-state index contributed by atoms with van der Waals surface area (Å²) < 4.78 is 0. The minimum Gasteiger partial charge on any atom is -0.478 e. The van der Waals surface area contributed by atoms with Gasteiger partial charge in [0.1, 0.15) is 0 Å². The van der Waals surface area contributed by atoms with Crippen LogP contribution in [0, 0.1) is 0 Å². The van der Waals surface area contributed by atoms with Crippen LogP contribution in [-0.2, 0) is 4.79 Å². The molecule has 1 aliphatic rings. The zero-order valence-corrected chi connectivity index (χ0v) is 10.1. The lowest BCUT2D eigenvalue weighted by Crippen LogP contribution is -2.43. The Morgan fingerprint density at radius 3 is 3.00 bits per heavy atom. The number of nitrogens with zero attached hydrogens (tertiary/aromatic N) is 1. The number of carbonyl (C=O) groups excluding carboxylic acids is 1. The Morgan fingerprint density at radius 1 is 1.56 bits per heavy atom. The van der Waals surface area contributed by atoms with Crippen LogP contribution in [0.2, 0.25) is 0 Å². The average Bonchev–Trinajstić information content (AvgIpc) is 2.37. The molecule has 1 aromatic rings. The first-order chi connectivity index (χ1) is 8.63. The van der Waals surface area contributed by atoms with Crippen LogP contribution in [0.4, 0.5) is 11.4 Å². The van der Waals surface area contributed by atoms with Gasteiger partial charge in [0.25, 0.3) is 0 Å². The van der Waals surface area contributed by atoms with E-state index in [-0.39, 0.29) is 18.0 Å². The molecule has 6 heteroatoms. The maximum atomic E-state index is 11.8. The number of benzene rings is 1. The van der Waals surface area contributed by atoms with Crippen LogP contribution in [0.1, 0.15) is 10.4 Å². The number of nitrogens with one attached hydrogen (secondary N) is 2. The molecule has 0 saturated carbocycles. The molecule has 0 atom stereocenters. The molecule has 1 amide bonds. The molecule has 1 aromatic carbocycles. The van der Waals surface area contributed by atoms with Gasteiger partial charge in [-0.1, -0.05) is 0 Å². The highest BCUT2D eigenvalue weighted by Crippen LogP contribution is 2.30. The molecule has 0 radical (unpaired) electrons. The number of likely N-dealkylation sites (N-methyl/N-ethyl adjacent to an activating group) is 1. The summed E-state index contributed by atoms with van der Waals surface area (Å²) in [4.78, 5) is 24.3. The van der Waals surface area contributed by atoms with E-state index in [2.05, 4.69) is 10.6 Å². The molecule has 0 spiro atoms. The number of carboxylic acid groups (broad SMARTS) is 1. The monoisotopic (exact) mass is 249 g/mol. The van der Waals surface area contributed by atoms with Gasteiger partial charge >= 0.3 is 5.97 Å². The lowest BCUT2D eigenvalue weighted by Gasteiger charge is -2.30. The molecule has 18 heavy (non-hydrogen) atoms. The summed E-state index contributed by atoms with van der Waals surface area (Å²) >= 11 is 0. The summed E-state index contributed by atoms with van der Waals surface area (Å²) in [6.45, 7) is 1.45. The average molecular weight is 249 g/mol. The Hall–Kier alpha value is -2.08. The molecule has 1 aliphatic heterocycles. The first-order valence-electron chi connectivity index (χ1n) is 5.69. The van der Waals surface area contributed by atoms with Gasteiger partial charge in [0.2, 0.25) is 5.91 Å². The number of hydrogen-bond donors (Lipinski definition) is 3. The second kappa shape index (κ2) is 5.05. The third kappa shape index (κ3) is 2.28. The molecule has 3 N–H and O–H groups in total. The van der Waals surface area contributed by atoms with E-state index in [0.29, 0.717) is 18.8 Å². The van der Waals surface area contributed by atoms with E-state index in [9.17, 15) is 9.59 Å². The topological polar surface area (TPSA) is 81.7 Å². The third-order valence-electron chi connectivity index (χ3n) is 2.85. The highest BCUT2D eigenvalue weighted by atomic mass is 16.4. The van der Waals surface area contributed by atoms with E-state index in [1.54, 1.807) is 17.0 Å². The Labute approximate surface area is 105 Å². The van der Waals surface area contributed by atoms with Crippen LogP contribution < -0.4 is 15.5 Å². The van der Waals surface area contributed by atoms with Crippen molar-refractivity contribution in [2.24, 2.45) is 0 Å². The van der Waals surface area contributed by atoms with Crippen molar-refractivity contribution in [3.8, 4) is 0 Å². The van der Waals surface area contributed by atoms with Gasteiger partial charge in [-0.05, 0) is 25.2 Å². The minimum atomic E-state index is -0.974. The fourth-order valence-corrected chi connectivity index (χ4v) is 1.92. The summed E-state index contributed by atoms with van der Waals surface area (Å²) in [5.41, 5.74) is 1.63. The van der Waals surface area contributed by atoms with Gasteiger partial charge in [-0.3, -0.25) is 4.79 Å². The molecule has 0 unspecified atom stereocenters. The SMILES string of the molecule is CNCCN1C(=O)CNc2cc(C(=O)O)ccc21. The van der Waals surface area contributed by atoms with Gasteiger partial charge in [-0.25, -0.2) is 4.79 Å². The maximum Gasteiger partial charge on any atom is 0.335 e. The van der Waals surface area contributed by atoms with Crippen molar-refractivity contribution in [1.29, 1.82) is 0 Å². The normalized spacial score (nSPS) is 14.1. The lowest BCUT2D eigenvalue weighted by molar-refractivity contribution is -0.117. The van der Waals surface area contributed by atoms with Crippen LogP contribution in [0.5, 0.6) is 0 Å². The van der Waals surface area contributed by atoms with Gasteiger partial charge in [-0.2, -0.15) is 0 Å². The summed E-state index contributed by atoms with van der Waals surface area (Å²) in [6.07, 6.45) is 0. The highest BCUT2D eigenvalue weighted by Gasteiger charge is 2.24. The molecule has 1 heterocycles. The fourth-order valence-electron chi connectivity index (χ4n) is 1.92. The zero-order valence-electron chi connectivity index (χ0n) is 10.1. The Kier molecular flexibility index (Phi) is 3.47. The number of fused-ring (bicyclic) bond motifs is 1. The number of carbonyl (C=O) groups is 2. The van der Waals surface area contributed by atoms with E-state index < -0.39 is 5.97 Å². The molecule has 0 aliphatic carbocycles. The maximum absolute atomic E-state index is 11.8. The van der Waals surface area contributed by atoms with E-state index in [1.165, 1.54) is 6.07 Å². The van der Waals surface area contributed by atoms with Crippen molar-refractivity contribution in [2.75, 3.05) is 36.9 Å². The predicted octanol–water partition coefficient (Wildman–Crippen LogP) is 0.363. The molecular formula is C12H15N3O3. The largest absolute Gasteiger partial charge is 0.478 e. The van der Waals surface area contributed by atoms with Gasteiger partial charge in [-0.15, -0.1) is 0 Å². The third-order valence-corrected chi connectivity index (χ3v) is 2.85. The Balaban J connectivity index is 2.32. The molecule has 0 fully saturated rings. The van der Waals surface area contributed by atoms with Crippen molar-refractivity contribution >= 4 is 23.3 Å². The molecule has 6 nitrogen and oxygen atoms in total. The minimum absolute atomic E-state index is 0.0131. The molecule has 0 saturated heterocycles. The second-order valence-corrected chi connectivity index (χ2v) is 4.04. The van der Waals surface area contributed by atoms with Crippen LogP contribution in [0.15, 0.2) is 18.2 Å². The summed E-state index contributed by atoms with van der Waals surface area (Å²) in [6, 6.07) is 4.73. The zero-order chi connectivity index (χ0) is 13.1. The Bertz CT molecular complexity index is 487. The molecule has 96 valence electrons. The smallest absolute Gasteiger partial charge is 0.335 e. The van der Waals surface area contributed by atoms with Crippen molar-refractivity contribution in [2.45, 2.75) is 0 Å². The number of hydrogen-bond acceptors (Lipinski definition) is 4. The van der Waals surface area contributed by atoms with E-state index in [1.807, 2.05) is 7.05 Å². The van der Waals surface area contributed by atoms with Gasteiger partial charge in [0, 0.05) is 13.1 Å². The molecule has 0 bridgehead atoms. The van der Waals surface area contributed by atoms with Crippen LogP contribution in [0.25, 0.3) is 0 Å². The molecule has 2 rings (SSSR count). The van der Waals surface area contributed by atoms with Crippen molar-refractivity contribution in [1.82, 2.24) is 5.32 Å². The van der Waals surface area contributed by atoms with Crippen LogP contribution >= 0.6 is 0 Å². The Morgan fingerprint density at radius 2 is 2.33 bits per heavy atom. The first kappa shape index (κ1) is 12.4. The lowest BCUT2D eigenvalue weighted by atomic mass is 10.1. The van der Waals surface area contributed by atoms with Crippen molar-refractivity contribution in [3.63, 3.8) is 0 Å². The van der Waals surface area contributed by atoms with Crippen molar-refractivity contribution in [3.05, 3.63) is 23.8 Å². The number of aromatic carboxylic acids is 1. The fraction of sp³-hybridized carbons (Fsp3) is 0.333. The number of rotatable bonds is 4. The summed E-state index contributed by atoms with van der Waals surface area (Å²) in [7, 11) is 1.82. The van der Waals surface area contributed by atoms with Crippen LogP contribution in [0.3, 0.4) is 0 Å². The van der Waals surface area contributed by atoms with E-state index in [4.69, 9.17) is 5.11 Å². The van der Waals surface area contributed by atoms with Gasteiger partial charge in [0.15, 0.2) is 0 Å². The number of carboxylic acids is 1. The quantitative estimate of drug-likeness (QED) is 0.718. The standard InChI is InChI=1S/C12H15N3O3/c1-13-4-5-15-10-3-2-8(12(17)18)6-9(10)14-7-11(15)16/h2-3,6,13-14H,4-5,7H2,1H3,(H,17,18). The highest BCUT2D eigenvalue weighted by molar-refractivity contribution is 6.04. The number of anilines is 2. The van der Waals surface area contributed by atoms with Gasteiger partial charge in [0.05, 0.1) is 23.5 Å². The predicted molar refractivity (Wildman–Crippen MR) is 68.2 cm³/mol. The number of amides is 1. The van der Waals surface area contributed by atoms with Crippen molar-refractivity contribution < 1.29 is 14.7 Å². The van der Waals surface area contributed by atoms with E-state index >= 15 is 0 Å². The van der Waals surface area contributed by atoms with Crippen LogP contribution in [-0.4, -0.2) is 43.7 Å². The summed E-state index contributed by atoms with van der Waals surface area (Å²) in [5.74, 6) is -0.987. The van der Waals surface area contributed by atoms with E-state index in [0.717, 1.165) is 5.69 Å². The second-order valence-electron chi connectivity index (χ2n) is 4.04. The van der Waals surface area contributed by atoms with Gasteiger partial charge < -0.3 is 20.6 Å². The summed E-state index contributed by atoms with van der Waals surface area (Å²) in [5, 5.41) is 14.9. The first-order valence-corrected chi connectivity index (χ1v) is 5.69. The molecule has 0 aromatic heterocycles.